The van der Waals surface area contributed by atoms with Crippen LogP contribution in [0.3, 0.4) is 0 Å². The van der Waals surface area contributed by atoms with Gasteiger partial charge in [-0.15, -0.1) is 11.3 Å². The number of esters is 1. The van der Waals surface area contributed by atoms with Gasteiger partial charge in [-0.05, 0) is 31.2 Å². The lowest BCUT2D eigenvalue weighted by molar-refractivity contribution is 0.0468. The van der Waals surface area contributed by atoms with Crippen LogP contribution < -0.4 is 5.73 Å². The number of benzene rings is 1. The SMILES string of the molecule is Cc1noc(N)c1C(=O)OCc1csc(-c2ccc(F)cc2)n1. The summed E-state index contributed by atoms with van der Waals surface area (Å²) in [5.74, 6) is -0.989. The molecule has 0 aliphatic rings. The molecule has 0 saturated heterocycles. The normalized spacial score (nSPS) is 10.7. The average molecular weight is 333 g/mol. The lowest BCUT2D eigenvalue weighted by Gasteiger charge is -2.01. The number of hydrogen-bond acceptors (Lipinski definition) is 7. The second-order valence-electron chi connectivity index (χ2n) is 4.73. The zero-order chi connectivity index (χ0) is 16.4. The van der Waals surface area contributed by atoms with Gasteiger partial charge in [0.1, 0.15) is 23.0 Å². The summed E-state index contributed by atoms with van der Waals surface area (Å²) in [5.41, 5.74) is 7.42. The van der Waals surface area contributed by atoms with E-state index < -0.39 is 5.97 Å². The van der Waals surface area contributed by atoms with E-state index in [1.807, 2.05) is 0 Å². The molecule has 0 saturated carbocycles. The van der Waals surface area contributed by atoms with Gasteiger partial charge in [0.2, 0.25) is 5.88 Å². The van der Waals surface area contributed by atoms with Crippen LogP contribution in [0, 0.1) is 12.7 Å². The Bertz CT molecular complexity index is 823. The van der Waals surface area contributed by atoms with E-state index in [1.165, 1.54) is 23.5 Å². The van der Waals surface area contributed by atoms with Crippen molar-refractivity contribution in [1.82, 2.24) is 10.1 Å². The summed E-state index contributed by atoms with van der Waals surface area (Å²) in [6.07, 6.45) is 0. The fraction of sp³-hybridized carbons (Fsp3) is 0.133. The Kier molecular flexibility index (Phi) is 4.07. The van der Waals surface area contributed by atoms with Crippen molar-refractivity contribution in [3.8, 4) is 10.6 Å². The molecule has 0 unspecified atom stereocenters. The molecule has 0 bridgehead atoms. The average Bonchev–Trinajstić information content (AvgIpc) is 3.13. The molecule has 2 N–H and O–H groups in total. The Morgan fingerprint density at radius 2 is 2.13 bits per heavy atom. The number of hydrogen-bond donors (Lipinski definition) is 1. The highest BCUT2D eigenvalue weighted by Crippen LogP contribution is 2.24. The second kappa shape index (κ2) is 6.17. The number of anilines is 1. The van der Waals surface area contributed by atoms with Gasteiger partial charge in [0.15, 0.2) is 0 Å². The Hall–Kier alpha value is -2.74. The molecule has 3 aromatic rings. The fourth-order valence-electron chi connectivity index (χ4n) is 1.95. The number of aromatic nitrogens is 2. The molecule has 0 amide bonds. The van der Waals surface area contributed by atoms with Gasteiger partial charge in [0.05, 0.1) is 11.4 Å². The summed E-state index contributed by atoms with van der Waals surface area (Å²) in [4.78, 5) is 16.3. The van der Waals surface area contributed by atoms with Crippen molar-refractivity contribution in [1.29, 1.82) is 0 Å². The van der Waals surface area contributed by atoms with Gasteiger partial charge in [-0.25, -0.2) is 14.2 Å². The van der Waals surface area contributed by atoms with Crippen LogP contribution in [0.2, 0.25) is 0 Å². The van der Waals surface area contributed by atoms with Crippen molar-refractivity contribution in [3.05, 3.63) is 52.4 Å². The van der Waals surface area contributed by atoms with Crippen LogP contribution in [0.4, 0.5) is 10.3 Å². The molecule has 0 spiro atoms. The molecule has 8 heteroatoms. The molecule has 1 aromatic carbocycles. The molecule has 6 nitrogen and oxygen atoms in total. The summed E-state index contributed by atoms with van der Waals surface area (Å²) in [6, 6.07) is 6.03. The summed E-state index contributed by atoms with van der Waals surface area (Å²) < 4.78 is 22.8. The highest BCUT2D eigenvalue weighted by molar-refractivity contribution is 7.13. The lowest BCUT2D eigenvalue weighted by atomic mass is 10.2. The number of rotatable bonds is 4. The highest BCUT2D eigenvalue weighted by atomic mass is 32.1. The highest BCUT2D eigenvalue weighted by Gasteiger charge is 2.20. The molecular weight excluding hydrogens is 321 g/mol. The largest absolute Gasteiger partial charge is 0.455 e. The zero-order valence-electron chi connectivity index (χ0n) is 12.1. The molecule has 2 heterocycles. The predicted molar refractivity (Wildman–Crippen MR) is 82.3 cm³/mol. The van der Waals surface area contributed by atoms with Gasteiger partial charge in [-0.1, -0.05) is 5.16 Å². The Balaban J connectivity index is 1.68. The molecule has 0 aliphatic heterocycles. The third-order valence-corrected chi connectivity index (χ3v) is 4.03. The zero-order valence-corrected chi connectivity index (χ0v) is 12.9. The molecule has 0 fully saturated rings. The number of carbonyl (C=O) groups excluding carboxylic acids is 1. The predicted octanol–water partition coefficient (Wildman–Crippen LogP) is 3.18. The molecule has 3 rings (SSSR count). The number of thiazole rings is 1. The molecule has 2 aromatic heterocycles. The molecule has 0 atom stereocenters. The van der Waals surface area contributed by atoms with Crippen LogP contribution in [0.25, 0.3) is 10.6 Å². The van der Waals surface area contributed by atoms with E-state index in [9.17, 15) is 9.18 Å². The smallest absolute Gasteiger partial charge is 0.346 e. The lowest BCUT2D eigenvalue weighted by Crippen LogP contribution is -2.08. The minimum Gasteiger partial charge on any atom is -0.455 e. The minimum atomic E-state index is -0.613. The third-order valence-electron chi connectivity index (χ3n) is 3.09. The van der Waals surface area contributed by atoms with Crippen LogP contribution in [-0.2, 0) is 11.3 Å². The van der Waals surface area contributed by atoms with Crippen molar-refractivity contribution in [2.24, 2.45) is 0 Å². The first kappa shape index (κ1) is 15.2. The van der Waals surface area contributed by atoms with Crippen molar-refractivity contribution >= 4 is 23.2 Å². The van der Waals surface area contributed by atoms with Crippen LogP contribution in [0.15, 0.2) is 34.2 Å². The number of halogens is 1. The maximum Gasteiger partial charge on any atom is 0.346 e. The topological polar surface area (TPSA) is 91.2 Å². The minimum absolute atomic E-state index is 0.000583. The Labute approximate surface area is 134 Å². The number of aryl methyl sites for hydroxylation is 1. The summed E-state index contributed by atoms with van der Waals surface area (Å²) in [5, 5.41) is 6.09. The first-order valence-corrected chi connectivity index (χ1v) is 7.52. The fourth-order valence-corrected chi connectivity index (χ4v) is 2.76. The second-order valence-corrected chi connectivity index (χ2v) is 5.59. The number of nitrogen functional groups attached to an aromatic ring is 1. The monoisotopic (exact) mass is 333 g/mol. The number of nitrogens with zero attached hydrogens (tertiary/aromatic N) is 2. The van der Waals surface area contributed by atoms with Crippen molar-refractivity contribution < 1.29 is 18.4 Å². The van der Waals surface area contributed by atoms with Crippen LogP contribution in [0.5, 0.6) is 0 Å². The van der Waals surface area contributed by atoms with Crippen LogP contribution in [-0.4, -0.2) is 16.1 Å². The van der Waals surface area contributed by atoms with E-state index in [0.29, 0.717) is 11.4 Å². The number of ether oxygens (including phenoxy) is 1. The van der Waals surface area contributed by atoms with Gasteiger partial charge in [-0.3, -0.25) is 0 Å². The third kappa shape index (κ3) is 3.21. The standard InChI is InChI=1S/C15H12FN3O3S/c1-8-12(13(17)22-19-8)15(20)21-6-11-7-23-14(18-11)9-2-4-10(16)5-3-9/h2-5,7H,6,17H2,1H3. The van der Waals surface area contributed by atoms with E-state index in [2.05, 4.69) is 10.1 Å². The summed E-state index contributed by atoms with van der Waals surface area (Å²) in [7, 11) is 0. The number of nitrogens with two attached hydrogens (primary N) is 1. The molecular formula is C15H12FN3O3S. The molecule has 0 radical (unpaired) electrons. The van der Waals surface area contributed by atoms with Gasteiger partial charge < -0.3 is 15.0 Å². The van der Waals surface area contributed by atoms with Gasteiger partial charge in [-0.2, -0.15) is 0 Å². The van der Waals surface area contributed by atoms with Gasteiger partial charge >= 0.3 is 5.97 Å². The summed E-state index contributed by atoms with van der Waals surface area (Å²) in [6.45, 7) is 1.60. The molecule has 23 heavy (non-hydrogen) atoms. The van der Waals surface area contributed by atoms with Gasteiger partial charge in [0.25, 0.3) is 0 Å². The first-order valence-electron chi connectivity index (χ1n) is 6.64. The van der Waals surface area contributed by atoms with E-state index in [1.54, 1.807) is 24.4 Å². The number of carbonyl (C=O) groups is 1. The van der Waals surface area contributed by atoms with E-state index in [4.69, 9.17) is 15.0 Å². The quantitative estimate of drug-likeness (QED) is 0.737. The van der Waals surface area contributed by atoms with E-state index in [-0.39, 0.29) is 23.9 Å². The Morgan fingerprint density at radius 3 is 2.78 bits per heavy atom. The van der Waals surface area contributed by atoms with Crippen LogP contribution >= 0.6 is 11.3 Å². The van der Waals surface area contributed by atoms with Crippen LogP contribution in [0.1, 0.15) is 21.7 Å². The van der Waals surface area contributed by atoms with E-state index in [0.717, 1.165) is 10.6 Å². The van der Waals surface area contributed by atoms with Crippen molar-refractivity contribution in [2.45, 2.75) is 13.5 Å². The Morgan fingerprint density at radius 1 is 1.39 bits per heavy atom. The van der Waals surface area contributed by atoms with Crippen molar-refractivity contribution in [3.63, 3.8) is 0 Å². The van der Waals surface area contributed by atoms with Gasteiger partial charge in [0, 0.05) is 10.9 Å². The molecule has 118 valence electrons. The first-order chi connectivity index (χ1) is 11.0. The summed E-state index contributed by atoms with van der Waals surface area (Å²) >= 11 is 1.38. The van der Waals surface area contributed by atoms with E-state index >= 15 is 0 Å². The maximum absolute atomic E-state index is 12.9. The maximum atomic E-state index is 12.9. The van der Waals surface area contributed by atoms with Crippen molar-refractivity contribution in [2.75, 3.05) is 5.73 Å². The molecule has 0 aliphatic carbocycles.